The number of nitrogens with zero attached hydrogens (tertiary/aromatic N) is 1. The Morgan fingerprint density at radius 1 is 0.870 bits per heavy atom. The highest BCUT2D eigenvalue weighted by Crippen LogP contribution is 2.15. The van der Waals surface area contributed by atoms with E-state index >= 15 is 0 Å². The third-order valence-corrected chi connectivity index (χ3v) is 3.02. The molecule has 23 heavy (non-hydrogen) atoms. The predicted octanol–water partition coefficient (Wildman–Crippen LogP) is 3.55. The molecule has 3 N–H and O–H groups in total. The van der Waals surface area contributed by atoms with Gasteiger partial charge in [-0.25, -0.2) is 4.79 Å². The van der Waals surface area contributed by atoms with Crippen LogP contribution in [0.25, 0.3) is 0 Å². The molecule has 0 heterocycles. The van der Waals surface area contributed by atoms with Crippen molar-refractivity contribution >= 4 is 29.0 Å². The molecule has 0 atom stereocenters. The molecule has 116 valence electrons. The molecule has 0 saturated carbocycles. The van der Waals surface area contributed by atoms with Crippen LogP contribution in [0.15, 0.2) is 48.5 Å². The molecule has 2 rings (SSSR count). The van der Waals surface area contributed by atoms with Gasteiger partial charge in [-0.05, 0) is 48.5 Å². The average Bonchev–Trinajstić information content (AvgIpc) is 2.57. The van der Waals surface area contributed by atoms with Crippen molar-refractivity contribution in [2.24, 2.45) is 0 Å². The zero-order valence-electron chi connectivity index (χ0n) is 12.6. The Hall–Kier alpha value is -3.33. The summed E-state index contributed by atoms with van der Waals surface area (Å²) in [5, 5.41) is 16.8. The molecule has 0 aliphatic rings. The van der Waals surface area contributed by atoms with Crippen molar-refractivity contribution in [2.45, 2.75) is 13.3 Å². The minimum absolute atomic E-state index is 0.0655. The number of benzene rings is 2. The fourth-order valence-corrected chi connectivity index (χ4v) is 1.81. The van der Waals surface area contributed by atoms with Crippen LogP contribution in [0.1, 0.15) is 18.9 Å². The quantitative estimate of drug-likeness (QED) is 0.806. The second-order valence-corrected chi connectivity index (χ2v) is 4.75. The van der Waals surface area contributed by atoms with Crippen molar-refractivity contribution < 1.29 is 9.59 Å². The SMILES string of the molecule is CCC(=O)Nc1ccc(NC(=O)Nc2ccc(C#N)cc2)cc1. The number of nitrogens with one attached hydrogen (secondary N) is 3. The van der Waals surface area contributed by atoms with Crippen LogP contribution in [0.4, 0.5) is 21.9 Å². The van der Waals surface area contributed by atoms with Crippen molar-refractivity contribution in [2.75, 3.05) is 16.0 Å². The zero-order chi connectivity index (χ0) is 16.7. The van der Waals surface area contributed by atoms with E-state index in [1.807, 2.05) is 6.07 Å². The van der Waals surface area contributed by atoms with Gasteiger partial charge in [-0.3, -0.25) is 4.79 Å². The normalized spacial score (nSPS) is 9.57. The second kappa shape index (κ2) is 7.61. The van der Waals surface area contributed by atoms with Crippen LogP contribution in [0.5, 0.6) is 0 Å². The van der Waals surface area contributed by atoms with E-state index in [2.05, 4.69) is 16.0 Å². The number of carbonyl (C=O) groups is 2. The smallest absolute Gasteiger partial charge is 0.323 e. The van der Waals surface area contributed by atoms with Gasteiger partial charge in [-0.1, -0.05) is 6.92 Å². The third kappa shape index (κ3) is 4.86. The first kappa shape index (κ1) is 16.0. The summed E-state index contributed by atoms with van der Waals surface area (Å²) in [6, 6.07) is 15.0. The van der Waals surface area contributed by atoms with Gasteiger partial charge in [0.05, 0.1) is 11.6 Å². The number of hydrogen-bond donors (Lipinski definition) is 3. The molecule has 0 radical (unpaired) electrons. The lowest BCUT2D eigenvalue weighted by Gasteiger charge is -2.09. The van der Waals surface area contributed by atoms with Gasteiger partial charge in [-0.2, -0.15) is 5.26 Å². The van der Waals surface area contributed by atoms with Crippen molar-refractivity contribution in [1.82, 2.24) is 0 Å². The van der Waals surface area contributed by atoms with Crippen molar-refractivity contribution in [3.63, 3.8) is 0 Å². The topological polar surface area (TPSA) is 94.0 Å². The van der Waals surface area contributed by atoms with Crippen LogP contribution < -0.4 is 16.0 Å². The van der Waals surface area contributed by atoms with Crippen LogP contribution in [-0.2, 0) is 4.79 Å². The van der Waals surface area contributed by atoms with Crippen LogP contribution in [0.3, 0.4) is 0 Å². The first-order valence-electron chi connectivity index (χ1n) is 7.09. The van der Waals surface area contributed by atoms with E-state index in [9.17, 15) is 9.59 Å². The maximum absolute atomic E-state index is 11.9. The van der Waals surface area contributed by atoms with Gasteiger partial charge in [0.25, 0.3) is 0 Å². The molecule has 0 bridgehead atoms. The van der Waals surface area contributed by atoms with Crippen molar-refractivity contribution in [3.8, 4) is 6.07 Å². The Morgan fingerprint density at radius 2 is 1.30 bits per heavy atom. The fourth-order valence-electron chi connectivity index (χ4n) is 1.81. The molecule has 0 aliphatic heterocycles. The summed E-state index contributed by atoms with van der Waals surface area (Å²) in [7, 11) is 0. The minimum atomic E-state index is -0.389. The monoisotopic (exact) mass is 308 g/mol. The van der Waals surface area contributed by atoms with Gasteiger partial charge in [-0.15, -0.1) is 0 Å². The minimum Gasteiger partial charge on any atom is -0.326 e. The molecule has 0 fully saturated rings. The average molecular weight is 308 g/mol. The summed E-state index contributed by atoms with van der Waals surface area (Å²) in [6.07, 6.45) is 0.410. The summed E-state index contributed by atoms with van der Waals surface area (Å²) in [5.74, 6) is -0.0655. The summed E-state index contributed by atoms with van der Waals surface area (Å²) >= 11 is 0. The van der Waals surface area contributed by atoms with E-state index in [1.54, 1.807) is 55.5 Å². The number of amides is 3. The van der Waals surface area contributed by atoms with Crippen molar-refractivity contribution in [3.05, 3.63) is 54.1 Å². The third-order valence-electron chi connectivity index (χ3n) is 3.02. The molecule has 0 aliphatic carbocycles. The zero-order valence-corrected chi connectivity index (χ0v) is 12.6. The first-order chi connectivity index (χ1) is 11.1. The Bertz CT molecular complexity index is 731. The van der Waals surface area contributed by atoms with Crippen LogP contribution in [-0.4, -0.2) is 11.9 Å². The molecule has 6 nitrogen and oxygen atoms in total. The van der Waals surface area contributed by atoms with E-state index in [0.29, 0.717) is 29.0 Å². The Morgan fingerprint density at radius 3 is 1.74 bits per heavy atom. The Labute approximate surface area is 134 Å². The molecule has 6 heteroatoms. The van der Waals surface area contributed by atoms with Crippen LogP contribution in [0.2, 0.25) is 0 Å². The van der Waals surface area contributed by atoms with E-state index in [1.165, 1.54) is 0 Å². The molecular weight excluding hydrogens is 292 g/mol. The largest absolute Gasteiger partial charge is 0.326 e. The van der Waals surface area contributed by atoms with Gasteiger partial charge >= 0.3 is 6.03 Å². The molecule has 0 aromatic heterocycles. The fraction of sp³-hybridized carbons (Fsp3) is 0.118. The van der Waals surface area contributed by atoms with E-state index in [4.69, 9.17) is 5.26 Å². The highest BCUT2D eigenvalue weighted by molar-refractivity contribution is 6.00. The highest BCUT2D eigenvalue weighted by atomic mass is 16.2. The lowest BCUT2D eigenvalue weighted by atomic mass is 10.2. The van der Waals surface area contributed by atoms with Crippen LogP contribution in [0, 0.1) is 11.3 Å². The predicted molar refractivity (Wildman–Crippen MR) is 89.2 cm³/mol. The lowest BCUT2D eigenvalue weighted by Crippen LogP contribution is -2.19. The standard InChI is InChI=1S/C17H16N4O2/c1-2-16(22)19-13-7-9-15(10-8-13)21-17(23)20-14-5-3-12(11-18)4-6-14/h3-10H,2H2,1H3,(H,19,22)(H2,20,21,23). The Kier molecular flexibility index (Phi) is 5.31. The van der Waals surface area contributed by atoms with Gasteiger partial charge in [0, 0.05) is 23.5 Å². The van der Waals surface area contributed by atoms with Gasteiger partial charge in [0.15, 0.2) is 0 Å². The summed E-state index contributed by atoms with van der Waals surface area (Å²) in [4.78, 5) is 23.2. The summed E-state index contributed by atoms with van der Waals surface area (Å²) in [6.45, 7) is 1.78. The molecule has 0 saturated heterocycles. The van der Waals surface area contributed by atoms with Gasteiger partial charge in [0.2, 0.25) is 5.91 Å². The molecule has 3 amide bonds. The number of carbonyl (C=O) groups excluding carboxylic acids is 2. The lowest BCUT2D eigenvalue weighted by molar-refractivity contribution is -0.115. The second-order valence-electron chi connectivity index (χ2n) is 4.75. The van der Waals surface area contributed by atoms with Crippen molar-refractivity contribution in [1.29, 1.82) is 5.26 Å². The maximum Gasteiger partial charge on any atom is 0.323 e. The molecule has 2 aromatic carbocycles. The van der Waals surface area contributed by atoms with Gasteiger partial charge < -0.3 is 16.0 Å². The maximum atomic E-state index is 11.9. The number of nitriles is 1. The highest BCUT2D eigenvalue weighted by Gasteiger charge is 2.04. The first-order valence-corrected chi connectivity index (χ1v) is 7.09. The van der Waals surface area contributed by atoms with E-state index < -0.39 is 0 Å². The summed E-state index contributed by atoms with van der Waals surface area (Å²) in [5.41, 5.74) is 2.40. The summed E-state index contributed by atoms with van der Waals surface area (Å²) < 4.78 is 0. The molecule has 0 spiro atoms. The molecule has 0 unspecified atom stereocenters. The number of anilines is 3. The number of rotatable bonds is 4. The molecular formula is C17H16N4O2. The molecule has 2 aromatic rings. The van der Waals surface area contributed by atoms with Crippen LogP contribution >= 0.6 is 0 Å². The number of urea groups is 1. The van der Waals surface area contributed by atoms with Gasteiger partial charge in [0.1, 0.15) is 0 Å². The van der Waals surface area contributed by atoms with E-state index in [-0.39, 0.29) is 11.9 Å². The Balaban J connectivity index is 1.92. The van der Waals surface area contributed by atoms with E-state index in [0.717, 1.165) is 0 Å². The number of hydrogen-bond acceptors (Lipinski definition) is 3.